The Morgan fingerprint density at radius 2 is 1.95 bits per heavy atom. The van der Waals surface area contributed by atoms with Crippen LogP contribution in [0.2, 0.25) is 0 Å². The smallest absolute Gasteiger partial charge is 0.264 e. The Labute approximate surface area is 218 Å². The number of nitrogens with zero attached hydrogens (tertiary/aromatic N) is 4. The topological polar surface area (TPSA) is 141 Å². The van der Waals surface area contributed by atoms with Crippen LogP contribution in [0.5, 0.6) is 11.5 Å². The summed E-state index contributed by atoms with van der Waals surface area (Å²) in [6.07, 6.45) is 4.25. The summed E-state index contributed by atoms with van der Waals surface area (Å²) in [4.78, 5) is 22.6. The number of rotatable bonds is 7. The third-order valence-corrected chi connectivity index (χ3v) is 6.10. The molecule has 1 atom stereocenters. The van der Waals surface area contributed by atoms with Gasteiger partial charge in [0.25, 0.3) is 5.91 Å². The number of nitriles is 1. The van der Waals surface area contributed by atoms with Gasteiger partial charge in [-0.05, 0) is 56.2 Å². The van der Waals surface area contributed by atoms with Crippen LogP contribution >= 0.6 is 0 Å². The Kier molecular flexibility index (Phi) is 7.91. The summed E-state index contributed by atoms with van der Waals surface area (Å²) in [5.74, 6) is -1.89. The molecule has 38 heavy (non-hydrogen) atoms. The van der Waals surface area contributed by atoms with Gasteiger partial charge in [-0.25, -0.2) is 18.7 Å². The lowest BCUT2D eigenvalue weighted by Gasteiger charge is -2.33. The lowest BCUT2D eigenvalue weighted by atomic mass is 10.0. The number of hydrogen-bond acceptors (Lipinski definition) is 8. The Balaban J connectivity index is 1.52. The van der Waals surface area contributed by atoms with Gasteiger partial charge >= 0.3 is 0 Å². The van der Waals surface area contributed by atoms with Gasteiger partial charge in [0.15, 0.2) is 17.4 Å². The van der Waals surface area contributed by atoms with Crippen molar-refractivity contribution < 1.29 is 18.3 Å². The molecule has 0 aliphatic carbocycles. The van der Waals surface area contributed by atoms with E-state index in [1.54, 1.807) is 24.0 Å². The third kappa shape index (κ3) is 5.59. The Morgan fingerprint density at radius 3 is 2.61 bits per heavy atom. The summed E-state index contributed by atoms with van der Waals surface area (Å²) >= 11 is 0. The average molecular weight is 518 g/mol. The van der Waals surface area contributed by atoms with Crippen LogP contribution in [0.4, 0.5) is 20.4 Å². The first-order chi connectivity index (χ1) is 18.3. The highest BCUT2D eigenvalue weighted by molar-refractivity contribution is 6.16. The molecule has 2 aromatic carbocycles. The molecule has 1 unspecified atom stereocenters. The minimum atomic E-state index is -0.829. The van der Waals surface area contributed by atoms with Gasteiger partial charge in [-0.3, -0.25) is 10.2 Å². The van der Waals surface area contributed by atoms with Crippen molar-refractivity contribution in [1.29, 1.82) is 10.7 Å². The molecule has 4 rings (SSSR count). The minimum absolute atomic E-state index is 0.0265. The highest BCUT2D eigenvalue weighted by Gasteiger charge is 2.27. The zero-order chi connectivity index (χ0) is 27.2. The number of nitrogens with two attached hydrogens (primary N) is 1. The van der Waals surface area contributed by atoms with E-state index < -0.39 is 17.4 Å². The number of piperidine rings is 1. The van der Waals surface area contributed by atoms with Crippen molar-refractivity contribution >= 4 is 23.3 Å². The van der Waals surface area contributed by atoms with Crippen LogP contribution in [-0.4, -0.2) is 45.6 Å². The van der Waals surface area contributed by atoms with E-state index in [4.69, 9.17) is 15.9 Å². The summed E-state index contributed by atoms with van der Waals surface area (Å²) in [5, 5.41) is 21.3. The predicted molar refractivity (Wildman–Crippen MR) is 138 cm³/mol. The van der Waals surface area contributed by atoms with Crippen molar-refractivity contribution in [3.05, 3.63) is 83.2 Å². The number of aromatic nitrogens is 2. The largest absolute Gasteiger partial charge is 0.451 e. The maximum atomic E-state index is 13.9. The minimum Gasteiger partial charge on any atom is -0.451 e. The lowest BCUT2D eigenvalue weighted by molar-refractivity contribution is -0.127. The second-order valence-electron chi connectivity index (χ2n) is 8.58. The summed E-state index contributed by atoms with van der Waals surface area (Å²) in [6, 6.07) is 11.3. The first kappa shape index (κ1) is 26.2. The number of amides is 1. The number of likely N-dealkylation sites (tertiary alicyclic amines) is 1. The van der Waals surface area contributed by atoms with Gasteiger partial charge in [-0.1, -0.05) is 12.1 Å². The van der Waals surface area contributed by atoms with E-state index in [2.05, 4.69) is 15.3 Å². The average Bonchev–Trinajstić information content (AvgIpc) is 2.92. The van der Waals surface area contributed by atoms with Gasteiger partial charge in [0.1, 0.15) is 35.4 Å². The van der Waals surface area contributed by atoms with Crippen molar-refractivity contribution in [2.45, 2.75) is 25.8 Å². The van der Waals surface area contributed by atoms with Gasteiger partial charge in [0.05, 0.1) is 11.3 Å². The molecule has 0 spiro atoms. The first-order valence-corrected chi connectivity index (χ1v) is 11.9. The standard InChI is InChI=1S/C27H25F2N7O2/c1-2-16(13-30)27(37)36-12-4-5-18(14-36)35-26-22(25(32)33-15-34-26)23(31)17-8-10-19(11-9-17)38-24-20(28)6-3-7-21(24)29/h2-3,6-11,15,18,31H,4-5,12,14H2,1H3,(H3,32,33,34,35)/b16-2+,31-23?. The number of benzene rings is 2. The van der Waals surface area contributed by atoms with Crippen molar-refractivity contribution in [1.82, 2.24) is 14.9 Å². The molecule has 1 aliphatic rings. The summed E-state index contributed by atoms with van der Waals surface area (Å²) in [7, 11) is 0. The Bertz CT molecular complexity index is 1410. The number of nitrogens with one attached hydrogen (secondary N) is 2. The number of para-hydroxylation sites is 1. The molecule has 3 aromatic rings. The van der Waals surface area contributed by atoms with Crippen LogP contribution in [-0.2, 0) is 4.79 Å². The van der Waals surface area contributed by atoms with E-state index in [1.165, 1.54) is 30.6 Å². The molecular formula is C27H25F2N7O2. The zero-order valence-corrected chi connectivity index (χ0v) is 20.5. The van der Waals surface area contributed by atoms with Crippen LogP contribution in [0.1, 0.15) is 30.9 Å². The zero-order valence-electron chi connectivity index (χ0n) is 20.5. The van der Waals surface area contributed by atoms with E-state index in [1.807, 2.05) is 6.07 Å². The Hall–Kier alpha value is -4.85. The summed E-state index contributed by atoms with van der Waals surface area (Å²) < 4.78 is 33.2. The highest BCUT2D eigenvalue weighted by atomic mass is 19.1. The molecule has 1 saturated heterocycles. The third-order valence-electron chi connectivity index (χ3n) is 6.10. The van der Waals surface area contributed by atoms with Crippen LogP contribution in [0, 0.1) is 28.4 Å². The molecule has 1 aliphatic heterocycles. The number of hydrogen-bond donors (Lipinski definition) is 3. The molecule has 194 valence electrons. The second-order valence-corrected chi connectivity index (χ2v) is 8.58. The monoisotopic (exact) mass is 517 g/mol. The molecule has 0 radical (unpaired) electrons. The van der Waals surface area contributed by atoms with E-state index in [9.17, 15) is 18.8 Å². The molecule has 1 amide bonds. The van der Waals surface area contributed by atoms with Gasteiger partial charge in [0, 0.05) is 24.7 Å². The van der Waals surface area contributed by atoms with Crippen LogP contribution in [0.3, 0.4) is 0 Å². The van der Waals surface area contributed by atoms with Crippen LogP contribution in [0.15, 0.2) is 60.4 Å². The summed E-state index contributed by atoms with van der Waals surface area (Å²) in [6.45, 7) is 2.54. The van der Waals surface area contributed by atoms with E-state index in [-0.39, 0.29) is 40.4 Å². The number of carbonyl (C=O) groups excluding carboxylic acids is 1. The number of allylic oxidation sites excluding steroid dienone is 1. The van der Waals surface area contributed by atoms with Gasteiger partial charge < -0.3 is 20.7 Å². The highest BCUT2D eigenvalue weighted by Crippen LogP contribution is 2.29. The van der Waals surface area contributed by atoms with Crippen LogP contribution in [0.25, 0.3) is 0 Å². The maximum absolute atomic E-state index is 13.9. The molecule has 1 aromatic heterocycles. The van der Waals surface area contributed by atoms with Crippen molar-refractivity contribution in [3.8, 4) is 17.6 Å². The summed E-state index contributed by atoms with van der Waals surface area (Å²) in [5.41, 5.74) is 6.97. The molecule has 9 nitrogen and oxygen atoms in total. The maximum Gasteiger partial charge on any atom is 0.264 e. The fourth-order valence-corrected chi connectivity index (χ4v) is 4.17. The van der Waals surface area contributed by atoms with Gasteiger partial charge in [-0.15, -0.1) is 0 Å². The van der Waals surface area contributed by atoms with E-state index in [0.29, 0.717) is 24.5 Å². The quantitative estimate of drug-likeness (QED) is 0.239. The molecule has 4 N–H and O–H groups in total. The normalized spacial score (nSPS) is 15.5. The molecule has 11 heteroatoms. The second kappa shape index (κ2) is 11.5. The van der Waals surface area contributed by atoms with Crippen molar-refractivity contribution in [3.63, 3.8) is 0 Å². The molecule has 2 heterocycles. The number of nitrogen functional groups attached to an aromatic ring is 1. The van der Waals surface area contributed by atoms with E-state index in [0.717, 1.165) is 25.0 Å². The number of ether oxygens (including phenoxy) is 1. The number of anilines is 2. The Morgan fingerprint density at radius 1 is 1.24 bits per heavy atom. The number of carbonyl (C=O) groups is 1. The predicted octanol–water partition coefficient (Wildman–Crippen LogP) is 4.42. The molecule has 1 fully saturated rings. The first-order valence-electron chi connectivity index (χ1n) is 11.9. The number of halogens is 2. The lowest BCUT2D eigenvalue weighted by Crippen LogP contribution is -2.45. The van der Waals surface area contributed by atoms with Gasteiger partial charge in [-0.2, -0.15) is 5.26 Å². The fraction of sp³-hybridized carbons (Fsp3) is 0.222. The SMILES string of the molecule is C/C=C(\C#N)C(=O)N1CCCC(Nc2ncnc(N)c2C(=N)c2ccc(Oc3c(F)cccc3F)cc2)C1. The van der Waals surface area contributed by atoms with E-state index >= 15 is 0 Å². The molecular weight excluding hydrogens is 492 g/mol. The van der Waals surface area contributed by atoms with Crippen LogP contribution < -0.4 is 15.8 Å². The van der Waals surface area contributed by atoms with Gasteiger partial charge in [0.2, 0.25) is 0 Å². The molecule has 0 bridgehead atoms. The fourth-order valence-electron chi connectivity index (χ4n) is 4.17. The molecule has 0 saturated carbocycles. The van der Waals surface area contributed by atoms with Crippen molar-refractivity contribution in [2.24, 2.45) is 0 Å². The van der Waals surface area contributed by atoms with Crippen molar-refractivity contribution in [2.75, 3.05) is 24.1 Å².